The smallest absolute Gasteiger partial charge is 0.290 e. The molecule has 0 aromatic heterocycles. The molecular formula is C15H27N3O4. The van der Waals surface area contributed by atoms with Crippen molar-refractivity contribution in [1.82, 2.24) is 14.7 Å². The third kappa shape index (κ3) is 4.18. The summed E-state index contributed by atoms with van der Waals surface area (Å²) in [7, 11) is 1.58. The fraction of sp³-hybridized carbons (Fsp3) is 0.867. The summed E-state index contributed by atoms with van der Waals surface area (Å²) in [6, 6.07) is 0.738. The van der Waals surface area contributed by atoms with E-state index in [2.05, 4.69) is 9.80 Å². The quantitative estimate of drug-likeness (QED) is 0.713. The van der Waals surface area contributed by atoms with Gasteiger partial charge in [-0.1, -0.05) is 0 Å². The predicted octanol–water partition coefficient (Wildman–Crippen LogP) is -0.428. The van der Waals surface area contributed by atoms with Gasteiger partial charge in [-0.25, -0.2) is 0 Å². The summed E-state index contributed by atoms with van der Waals surface area (Å²) in [5.74, 6) is 1.03. The number of piperidine rings is 3. The normalized spacial score (nSPS) is 31.3. The van der Waals surface area contributed by atoms with E-state index < -0.39 is 0 Å². The lowest BCUT2D eigenvalue weighted by Gasteiger charge is -2.51. The Bertz CT molecular complexity index is 364. The molecule has 7 nitrogen and oxygen atoms in total. The van der Waals surface area contributed by atoms with E-state index in [4.69, 9.17) is 14.6 Å². The highest BCUT2D eigenvalue weighted by Crippen LogP contribution is 2.31. The minimum atomic E-state index is -0.250. The molecule has 4 fully saturated rings. The average molecular weight is 313 g/mol. The Morgan fingerprint density at radius 3 is 2.23 bits per heavy atom. The molecule has 4 aliphatic heterocycles. The molecule has 0 saturated carbocycles. The fourth-order valence-corrected chi connectivity index (χ4v) is 3.87. The molecule has 126 valence electrons. The highest BCUT2D eigenvalue weighted by Gasteiger charge is 2.38. The maximum atomic E-state index is 11.8. The van der Waals surface area contributed by atoms with E-state index in [0.717, 1.165) is 38.1 Å². The molecule has 0 aliphatic carbocycles. The van der Waals surface area contributed by atoms with E-state index in [-0.39, 0.29) is 19.0 Å². The summed E-state index contributed by atoms with van der Waals surface area (Å²) in [5, 5.41) is 6.89. The zero-order chi connectivity index (χ0) is 15.9. The largest absolute Gasteiger partial charge is 0.483 e. The Kier molecular flexibility index (Phi) is 6.60. The minimum Gasteiger partial charge on any atom is -0.483 e. The van der Waals surface area contributed by atoms with Gasteiger partial charge in [0, 0.05) is 45.9 Å². The number of carboxylic acid groups (broad SMARTS) is 1. The second kappa shape index (κ2) is 8.45. The summed E-state index contributed by atoms with van der Waals surface area (Å²) in [4.78, 5) is 27.3. The molecule has 0 aromatic rings. The molecule has 0 radical (unpaired) electrons. The van der Waals surface area contributed by atoms with Gasteiger partial charge in [0.05, 0.1) is 0 Å². The Morgan fingerprint density at radius 2 is 1.77 bits per heavy atom. The molecule has 1 atom stereocenters. The number of fused-ring (bicyclic) bond motifs is 3. The number of carbonyl (C=O) groups excluding carboxylic acids is 1. The van der Waals surface area contributed by atoms with E-state index >= 15 is 0 Å². The molecule has 1 N–H and O–H groups in total. The monoisotopic (exact) mass is 313 g/mol. The topological polar surface area (TPSA) is 73.3 Å². The molecule has 4 saturated heterocycles. The van der Waals surface area contributed by atoms with Crippen molar-refractivity contribution in [3.63, 3.8) is 0 Å². The SMILES string of the molecule is COCC(=O)N1CCN(C2CN3CCC2CC3)CC1.O=CO. The van der Waals surface area contributed by atoms with Crippen LogP contribution in [-0.2, 0) is 14.3 Å². The van der Waals surface area contributed by atoms with Crippen molar-refractivity contribution in [3.8, 4) is 0 Å². The number of hydrogen-bond donors (Lipinski definition) is 1. The third-order valence-corrected chi connectivity index (χ3v) is 5.03. The summed E-state index contributed by atoms with van der Waals surface area (Å²) in [5.41, 5.74) is 0. The van der Waals surface area contributed by atoms with Crippen molar-refractivity contribution < 1.29 is 19.4 Å². The molecular weight excluding hydrogens is 286 g/mol. The number of nitrogens with zero attached hydrogens (tertiary/aromatic N) is 3. The second-order valence-corrected chi connectivity index (χ2v) is 6.16. The van der Waals surface area contributed by atoms with Crippen molar-refractivity contribution in [3.05, 3.63) is 0 Å². The predicted molar refractivity (Wildman–Crippen MR) is 81.7 cm³/mol. The molecule has 22 heavy (non-hydrogen) atoms. The lowest BCUT2D eigenvalue weighted by atomic mass is 9.83. The van der Waals surface area contributed by atoms with Crippen molar-refractivity contribution in [2.45, 2.75) is 18.9 Å². The van der Waals surface area contributed by atoms with Crippen LogP contribution in [0.1, 0.15) is 12.8 Å². The summed E-state index contributed by atoms with van der Waals surface area (Å²) < 4.78 is 4.93. The van der Waals surface area contributed by atoms with Gasteiger partial charge < -0.3 is 19.6 Å². The van der Waals surface area contributed by atoms with Crippen LogP contribution >= 0.6 is 0 Å². The van der Waals surface area contributed by atoms with Crippen LogP contribution in [0.3, 0.4) is 0 Å². The van der Waals surface area contributed by atoms with Crippen LogP contribution in [0.2, 0.25) is 0 Å². The van der Waals surface area contributed by atoms with Crippen molar-refractivity contribution in [2.75, 3.05) is 59.5 Å². The first-order valence-electron chi connectivity index (χ1n) is 8.00. The van der Waals surface area contributed by atoms with Gasteiger partial charge in [0.2, 0.25) is 5.91 Å². The van der Waals surface area contributed by atoms with E-state index in [9.17, 15) is 4.79 Å². The van der Waals surface area contributed by atoms with Crippen LogP contribution in [0.4, 0.5) is 0 Å². The van der Waals surface area contributed by atoms with Crippen molar-refractivity contribution in [2.24, 2.45) is 5.92 Å². The zero-order valence-corrected chi connectivity index (χ0v) is 13.3. The van der Waals surface area contributed by atoms with Crippen molar-refractivity contribution in [1.29, 1.82) is 0 Å². The van der Waals surface area contributed by atoms with Crippen LogP contribution < -0.4 is 0 Å². The molecule has 7 heteroatoms. The van der Waals surface area contributed by atoms with E-state index in [1.165, 1.54) is 32.5 Å². The maximum Gasteiger partial charge on any atom is 0.290 e. The fourth-order valence-electron chi connectivity index (χ4n) is 3.87. The van der Waals surface area contributed by atoms with Crippen LogP contribution in [-0.4, -0.2) is 97.8 Å². The molecule has 4 aliphatic rings. The molecule has 0 spiro atoms. The highest BCUT2D eigenvalue weighted by molar-refractivity contribution is 5.77. The van der Waals surface area contributed by atoms with Gasteiger partial charge in [-0.3, -0.25) is 14.5 Å². The number of rotatable bonds is 3. The number of ether oxygens (including phenoxy) is 1. The van der Waals surface area contributed by atoms with E-state index in [1.807, 2.05) is 4.90 Å². The van der Waals surface area contributed by atoms with Gasteiger partial charge >= 0.3 is 0 Å². The number of piperazine rings is 1. The van der Waals surface area contributed by atoms with E-state index in [1.54, 1.807) is 7.11 Å². The molecule has 1 amide bonds. The Labute approximate surface area is 131 Å². The lowest BCUT2D eigenvalue weighted by Crippen LogP contribution is -2.61. The zero-order valence-electron chi connectivity index (χ0n) is 13.3. The van der Waals surface area contributed by atoms with Gasteiger partial charge in [-0.15, -0.1) is 0 Å². The Hall–Kier alpha value is -1.18. The number of hydrogen-bond acceptors (Lipinski definition) is 5. The van der Waals surface area contributed by atoms with Gasteiger partial charge in [0.15, 0.2) is 0 Å². The summed E-state index contributed by atoms with van der Waals surface area (Å²) in [6.07, 6.45) is 2.74. The van der Waals surface area contributed by atoms with Crippen LogP contribution in [0.25, 0.3) is 0 Å². The first kappa shape index (κ1) is 17.2. The number of amides is 1. The molecule has 1 unspecified atom stereocenters. The maximum absolute atomic E-state index is 11.8. The first-order chi connectivity index (χ1) is 10.7. The minimum absolute atomic E-state index is 0.135. The molecule has 0 aromatic carbocycles. The third-order valence-electron chi connectivity index (χ3n) is 5.03. The van der Waals surface area contributed by atoms with Crippen LogP contribution in [0, 0.1) is 5.92 Å². The molecule has 4 rings (SSSR count). The van der Waals surface area contributed by atoms with Crippen LogP contribution in [0.5, 0.6) is 0 Å². The average Bonchev–Trinajstić information content (AvgIpc) is 2.57. The molecule has 2 bridgehead atoms. The van der Waals surface area contributed by atoms with Crippen molar-refractivity contribution >= 4 is 12.4 Å². The Balaban J connectivity index is 0.000000545. The highest BCUT2D eigenvalue weighted by atomic mass is 16.5. The van der Waals surface area contributed by atoms with Gasteiger partial charge in [-0.2, -0.15) is 0 Å². The van der Waals surface area contributed by atoms with E-state index in [0.29, 0.717) is 0 Å². The van der Waals surface area contributed by atoms with Gasteiger partial charge in [0.25, 0.3) is 6.47 Å². The summed E-state index contributed by atoms with van der Waals surface area (Å²) in [6.45, 7) is 7.61. The van der Waals surface area contributed by atoms with Crippen LogP contribution in [0.15, 0.2) is 0 Å². The van der Waals surface area contributed by atoms with Gasteiger partial charge in [-0.05, 0) is 31.8 Å². The lowest BCUT2D eigenvalue weighted by molar-refractivity contribution is -0.138. The standard InChI is InChI=1S/C14H25N3O2.CH2O2/c1-19-11-14(18)17-8-6-16(7-9-17)13-10-15-4-2-12(13)3-5-15;2-1-3/h12-13H,2-11H2,1H3;1H,(H,2,3). The van der Waals surface area contributed by atoms with Gasteiger partial charge in [0.1, 0.15) is 6.61 Å². The molecule has 4 heterocycles. The second-order valence-electron chi connectivity index (χ2n) is 6.16. The number of methoxy groups -OCH3 is 1. The first-order valence-corrected chi connectivity index (χ1v) is 8.00. The summed E-state index contributed by atoms with van der Waals surface area (Å²) >= 11 is 0. The Morgan fingerprint density at radius 1 is 1.18 bits per heavy atom. The number of carbonyl (C=O) groups is 2.